The zero-order valence-corrected chi connectivity index (χ0v) is 10.3. The Labute approximate surface area is 107 Å². The molecule has 1 aliphatic rings. The standard InChI is InChI=1S/C12H9N3O2S/c1-8-14-10(7-9-3-2-5-17-9)11(16)15(8)12-13-4-6-18-12/h2-7H,1H3. The first kappa shape index (κ1) is 10.9. The number of thiazole rings is 1. The highest BCUT2D eigenvalue weighted by Crippen LogP contribution is 2.26. The lowest BCUT2D eigenvalue weighted by Gasteiger charge is -2.10. The van der Waals surface area contributed by atoms with E-state index in [1.165, 1.54) is 16.2 Å². The van der Waals surface area contributed by atoms with Crippen molar-refractivity contribution in [3.05, 3.63) is 41.4 Å². The molecule has 0 fully saturated rings. The van der Waals surface area contributed by atoms with Crippen LogP contribution in [-0.4, -0.2) is 16.7 Å². The molecule has 6 heteroatoms. The van der Waals surface area contributed by atoms with Crippen LogP contribution >= 0.6 is 11.3 Å². The molecule has 0 aromatic carbocycles. The van der Waals surface area contributed by atoms with Crippen LogP contribution in [0.5, 0.6) is 0 Å². The first-order valence-electron chi connectivity index (χ1n) is 5.30. The zero-order chi connectivity index (χ0) is 12.5. The van der Waals surface area contributed by atoms with Crippen LogP contribution < -0.4 is 4.90 Å². The predicted molar refractivity (Wildman–Crippen MR) is 69.4 cm³/mol. The molecule has 2 aromatic heterocycles. The molecule has 5 nitrogen and oxygen atoms in total. The second kappa shape index (κ2) is 4.23. The van der Waals surface area contributed by atoms with Crippen LogP contribution in [0.15, 0.2) is 45.1 Å². The van der Waals surface area contributed by atoms with Crippen LogP contribution in [0.25, 0.3) is 6.08 Å². The van der Waals surface area contributed by atoms with Gasteiger partial charge in [-0.25, -0.2) is 14.9 Å². The normalized spacial score (nSPS) is 17.6. The van der Waals surface area contributed by atoms with E-state index in [4.69, 9.17) is 4.42 Å². The summed E-state index contributed by atoms with van der Waals surface area (Å²) in [4.78, 5) is 22.1. The number of carbonyl (C=O) groups excluding carboxylic acids is 1. The summed E-state index contributed by atoms with van der Waals surface area (Å²) < 4.78 is 5.18. The van der Waals surface area contributed by atoms with Crippen LogP contribution in [0, 0.1) is 0 Å². The molecule has 18 heavy (non-hydrogen) atoms. The number of nitrogens with zero attached hydrogens (tertiary/aromatic N) is 3. The van der Waals surface area contributed by atoms with Crippen LogP contribution in [-0.2, 0) is 4.79 Å². The van der Waals surface area contributed by atoms with Gasteiger partial charge < -0.3 is 4.42 Å². The molecule has 0 unspecified atom stereocenters. The molecule has 2 aromatic rings. The van der Waals surface area contributed by atoms with Crippen LogP contribution in [0.2, 0.25) is 0 Å². The molecule has 0 saturated carbocycles. The van der Waals surface area contributed by atoms with Gasteiger partial charge in [0.15, 0.2) is 5.13 Å². The summed E-state index contributed by atoms with van der Waals surface area (Å²) in [5, 5.41) is 2.45. The Hall–Kier alpha value is -2.21. The molecule has 0 N–H and O–H groups in total. The molecule has 0 atom stereocenters. The first-order valence-corrected chi connectivity index (χ1v) is 6.18. The average molecular weight is 259 g/mol. The van der Waals surface area contributed by atoms with E-state index in [-0.39, 0.29) is 5.91 Å². The van der Waals surface area contributed by atoms with E-state index >= 15 is 0 Å². The van der Waals surface area contributed by atoms with E-state index < -0.39 is 0 Å². The molecular formula is C12H9N3O2S. The first-order chi connectivity index (χ1) is 8.75. The third-order valence-corrected chi connectivity index (χ3v) is 3.22. The maximum Gasteiger partial charge on any atom is 0.284 e. The zero-order valence-electron chi connectivity index (χ0n) is 9.53. The second-order valence-corrected chi connectivity index (χ2v) is 4.53. The summed E-state index contributed by atoms with van der Waals surface area (Å²) >= 11 is 1.40. The third-order valence-electron chi connectivity index (χ3n) is 2.46. The van der Waals surface area contributed by atoms with Gasteiger partial charge in [-0.05, 0) is 19.1 Å². The van der Waals surface area contributed by atoms with E-state index in [2.05, 4.69) is 9.98 Å². The highest BCUT2D eigenvalue weighted by atomic mass is 32.1. The average Bonchev–Trinajstić information content (AvgIpc) is 3.03. The van der Waals surface area contributed by atoms with Crippen molar-refractivity contribution in [3.63, 3.8) is 0 Å². The number of aromatic nitrogens is 1. The molecule has 0 bridgehead atoms. The Morgan fingerprint density at radius 1 is 1.50 bits per heavy atom. The molecule has 1 aliphatic heterocycles. The highest BCUT2D eigenvalue weighted by molar-refractivity contribution is 7.14. The summed E-state index contributed by atoms with van der Waals surface area (Å²) in [6.07, 6.45) is 4.84. The number of carbonyl (C=O) groups is 1. The van der Waals surface area contributed by atoms with Gasteiger partial charge >= 0.3 is 0 Å². The van der Waals surface area contributed by atoms with Gasteiger partial charge in [0.2, 0.25) is 0 Å². The van der Waals surface area contributed by atoms with E-state index in [0.717, 1.165) is 0 Å². The van der Waals surface area contributed by atoms with E-state index in [9.17, 15) is 4.79 Å². The fourth-order valence-corrected chi connectivity index (χ4v) is 2.37. The number of amides is 1. The summed E-state index contributed by atoms with van der Waals surface area (Å²) in [5.74, 6) is 1.04. The minimum atomic E-state index is -0.182. The summed E-state index contributed by atoms with van der Waals surface area (Å²) in [7, 11) is 0. The number of anilines is 1. The van der Waals surface area contributed by atoms with E-state index in [0.29, 0.717) is 22.4 Å². The molecule has 0 saturated heterocycles. The number of amidine groups is 1. The lowest BCUT2D eigenvalue weighted by molar-refractivity contribution is -0.113. The Kier molecular flexibility index (Phi) is 2.56. The van der Waals surface area contributed by atoms with Crippen molar-refractivity contribution in [2.45, 2.75) is 6.92 Å². The van der Waals surface area contributed by atoms with Gasteiger partial charge in [-0.2, -0.15) is 0 Å². The van der Waals surface area contributed by atoms with Crippen molar-refractivity contribution in [1.82, 2.24) is 4.98 Å². The summed E-state index contributed by atoms with van der Waals surface area (Å²) in [6, 6.07) is 3.54. The predicted octanol–water partition coefficient (Wildman–Crippen LogP) is 2.54. The molecule has 0 aliphatic carbocycles. The number of furan rings is 1. The van der Waals surface area contributed by atoms with Gasteiger partial charge in [0, 0.05) is 17.7 Å². The molecule has 0 radical (unpaired) electrons. The SMILES string of the molecule is CC1=NC(=Cc2ccco2)C(=O)N1c1nccs1. The van der Waals surface area contributed by atoms with Gasteiger partial charge in [0.1, 0.15) is 17.3 Å². The lowest BCUT2D eigenvalue weighted by atomic mass is 10.3. The number of hydrogen-bond donors (Lipinski definition) is 0. The fraction of sp³-hybridized carbons (Fsp3) is 0.0833. The molecular weight excluding hydrogens is 250 g/mol. The van der Waals surface area contributed by atoms with E-state index in [1.54, 1.807) is 37.6 Å². The highest BCUT2D eigenvalue weighted by Gasteiger charge is 2.30. The smallest absolute Gasteiger partial charge is 0.284 e. The van der Waals surface area contributed by atoms with Gasteiger partial charge in [-0.3, -0.25) is 4.79 Å². The Balaban J connectivity index is 1.96. The van der Waals surface area contributed by atoms with Crippen molar-refractivity contribution in [3.8, 4) is 0 Å². The topological polar surface area (TPSA) is 58.7 Å². The van der Waals surface area contributed by atoms with Crippen molar-refractivity contribution in [1.29, 1.82) is 0 Å². The van der Waals surface area contributed by atoms with Crippen molar-refractivity contribution in [2.24, 2.45) is 4.99 Å². The van der Waals surface area contributed by atoms with E-state index in [1.807, 2.05) is 5.38 Å². The number of rotatable bonds is 2. The summed E-state index contributed by atoms with van der Waals surface area (Å²) in [5.41, 5.74) is 0.359. The van der Waals surface area contributed by atoms with Gasteiger partial charge in [0.05, 0.1) is 6.26 Å². The number of hydrogen-bond acceptors (Lipinski definition) is 5. The summed E-state index contributed by atoms with van der Waals surface area (Å²) in [6.45, 7) is 1.78. The van der Waals surface area contributed by atoms with Crippen molar-refractivity contribution in [2.75, 3.05) is 4.90 Å². The minimum absolute atomic E-state index is 0.182. The fourth-order valence-electron chi connectivity index (χ4n) is 1.69. The van der Waals surface area contributed by atoms with Gasteiger partial charge in [-0.1, -0.05) is 0 Å². The third kappa shape index (κ3) is 1.76. The quantitative estimate of drug-likeness (QED) is 0.779. The molecule has 1 amide bonds. The maximum atomic E-state index is 12.2. The number of aliphatic imine (C=N–C) groups is 1. The van der Waals surface area contributed by atoms with Crippen LogP contribution in [0.1, 0.15) is 12.7 Å². The van der Waals surface area contributed by atoms with Crippen LogP contribution in [0.4, 0.5) is 5.13 Å². The van der Waals surface area contributed by atoms with Crippen molar-refractivity contribution < 1.29 is 9.21 Å². The largest absolute Gasteiger partial charge is 0.465 e. The van der Waals surface area contributed by atoms with Crippen molar-refractivity contribution >= 4 is 34.3 Å². The Morgan fingerprint density at radius 3 is 3.06 bits per heavy atom. The molecule has 0 spiro atoms. The Bertz CT molecular complexity index is 626. The minimum Gasteiger partial charge on any atom is -0.465 e. The monoisotopic (exact) mass is 259 g/mol. The van der Waals surface area contributed by atoms with Gasteiger partial charge in [-0.15, -0.1) is 11.3 Å². The maximum absolute atomic E-state index is 12.2. The lowest BCUT2D eigenvalue weighted by Crippen LogP contribution is -2.29. The second-order valence-electron chi connectivity index (χ2n) is 3.66. The van der Waals surface area contributed by atoms with Gasteiger partial charge in [0.25, 0.3) is 5.91 Å². The Morgan fingerprint density at radius 2 is 2.39 bits per heavy atom. The molecule has 3 heterocycles. The molecule has 3 rings (SSSR count). The van der Waals surface area contributed by atoms with Crippen LogP contribution in [0.3, 0.4) is 0 Å². The molecule has 90 valence electrons.